The number of imidazole rings is 1. The Hall–Kier alpha value is -1.31. The molecule has 1 rings (SSSR count). The van der Waals surface area contributed by atoms with Crippen molar-refractivity contribution in [1.29, 1.82) is 0 Å². The highest BCUT2D eigenvalue weighted by Crippen LogP contribution is 2.03. The molecule has 2 nitrogen and oxygen atoms in total. The highest BCUT2D eigenvalue weighted by molar-refractivity contribution is 5.18. The van der Waals surface area contributed by atoms with Crippen LogP contribution in [0.4, 0.5) is 0 Å². The minimum atomic E-state index is 0.796. The second kappa shape index (κ2) is 3.19. The molecular formula is C9H12N2. The van der Waals surface area contributed by atoms with Crippen LogP contribution in [0.15, 0.2) is 37.3 Å². The van der Waals surface area contributed by atoms with Gasteiger partial charge in [-0.3, -0.25) is 0 Å². The molecule has 0 atom stereocenters. The number of aryl methyl sites for hydroxylation is 1. The van der Waals surface area contributed by atoms with Gasteiger partial charge in [0.15, 0.2) is 0 Å². The minimum Gasteiger partial charge on any atom is -0.340 e. The van der Waals surface area contributed by atoms with Gasteiger partial charge in [-0.05, 0) is 5.57 Å². The lowest BCUT2D eigenvalue weighted by molar-refractivity contribution is 0.912. The summed E-state index contributed by atoms with van der Waals surface area (Å²) in [4.78, 5) is 4.16. The normalized spacial score (nSPS) is 9.55. The maximum Gasteiger partial charge on any atom is 0.0946 e. The molecule has 0 aromatic carbocycles. The zero-order valence-corrected chi connectivity index (χ0v) is 6.75. The van der Waals surface area contributed by atoms with E-state index in [0.29, 0.717) is 0 Å². The van der Waals surface area contributed by atoms with Crippen LogP contribution in [0, 0.1) is 0 Å². The maximum absolute atomic E-state index is 4.16. The third-order valence-corrected chi connectivity index (χ3v) is 1.46. The molecule has 0 bridgehead atoms. The molecule has 0 unspecified atom stereocenters. The van der Waals surface area contributed by atoms with Crippen LogP contribution in [-0.4, -0.2) is 9.55 Å². The molecule has 1 aromatic rings. The van der Waals surface area contributed by atoms with Crippen molar-refractivity contribution in [3.05, 3.63) is 43.0 Å². The van der Waals surface area contributed by atoms with Gasteiger partial charge in [0.05, 0.1) is 12.0 Å². The quantitative estimate of drug-likeness (QED) is 0.596. The zero-order chi connectivity index (χ0) is 8.27. The topological polar surface area (TPSA) is 17.8 Å². The van der Waals surface area contributed by atoms with Crippen LogP contribution in [0.25, 0.3) is 0 Å². The molecule has 0 aliphatic rings. The summed E-state index contributed by atoms with van der Waals surface area (Å²) < 4.78 is 1.92. The molecule has 2 heteroatoms. The fourth-order valence-corrected chi connectivity index (χ4v) is 0.863. The fraction of sp³-hybridized carbons (Fsp3) is 0.222. The van der Waals surface area contributed by atoms with Gasteiger partial charge >= 0.3 is 0 Å². The summed E-state index contributed by atoms with van der Waals surface area (Å²) in [5.41, 5.74) is 2.04. The van der Waals surface area contributed by atoms with Gasteiger partial charge in [0, 0.05) is 19.7 Å². The molecule has 1 heterocycles. The average Bonchev–Trinajstić information content (AvgIpc) is 2.35. The van der Waals surface area contributed by atoms with E-state index >= 15 is 0 Å². The third kappa shape index (κ3) is 2.08. The molecule has 1 aromatic heterocycles. The molecule has 0 saturated carbocycles. The number of nitrogens with zero attached hydrogens (tertiary/aromatic N) is 2. The van der Waals surface area contributed by atoms with E-state index in [0.717, 1.165) is 17.7 Å². The van der Waals surface area contributed by atoms with Crippen LogP contribution in [0.5, 0.6) is 0 Å². The predicted octanol–water partition coefficient (Wildman–Crippen LogP) is 1.70. The van der Waals surface area contributed by atoms with Crippen molar-refractivity contribution >= 4 is 0 Å². The molecule has 0 amide bonds. The van der Waals surface area contributed by atoms with Crippen molar-refractivity contribution in [2.24, 2.45) is 7.05 Å². The van der Waals surface area contributed by atoms with Crippen LogP contribution in [0.3, 0.4) is 0 Å². The van der Waals surface area contributed by atoms with E-state index < -0.39 is 0 Å². The first-order valence-corrected chi connectivity index (χ1v) is 3.49. The molecule has 0 N–H and O–H groups in total. The Morgan fingerprint density at radius 2 is 2.55 bits per heavy atom. The van der Waals surface area contributed by atoms with E-state index in [1.807, 2.05) is 17.8 Å². The molecule has 0 fully saturated rings. The first-order chi connectivity index (χ1) is 5.22. The lowest BCUT2D eigenvalue weighted by atomic mass is 10.2. The zero-order valence-electron chi connectivity index (χ0n) is 6.75. The van der Waals surface area contributed by atoms with Crippen molar-refractivity contribution < 1.29 is 0 Å². The number of allylic oxidation sites excluding steroid dienone is 2. The third-order valence-electron chi connectivity index (χ3n) is 1.46. The second-order valence-corrected chi connectivity index (χ2v) is 2.57. The Labute approximate surface area is 66.9 Å². The van der Waals surface area contributed by atoms with Crippen molar-refractivity contribution in [1.82, 2.24) is 9.55 Å². The summed E-state index contributed by atoms with van der Waals surface area (Å²) in [5.74, 6) is 0. The summed E-state index contributed by atoms with van der Waals surface area (Å²) in [5, 5.41) is 0. The standard InChI is InChI=1S/C9H12N2/c1-4-8(2)5-9-6-11(3)7-10-9/h4,6-7H,1-2,5H2,3H3. The van der Waals surface area contributed by atoms with Gasteiger partial charge in [0.2, 0.25) is 0 Å². The maximum atomic E-state index is 4.16. The Balaban J connectivity index is 2.64. The van der Waals surface area contributed by atoms with E-state index in [2.05, 4.69) is 18.1 Å². The molecule has 0 spiro atoms. The van der Waals surface area contributed by atoms with Gasteiger partial charge in [-0.1, -0.05) is 19.2 Å². The van der Waals surface area contributed by atoms with E-state index in [1.54, 1.807) is 12.4 Å². The molecular weight excluding hydrogens is 136 g/mol. The summed E-state index contributed by atoms with van der Waals surface area (Å²) in [6, 6.07) is 0. The van der Waals surface area contributed by atoms with E-state index in [-0.39, 0.29) is 0 Å². The molecule has 58 valence electrons. The van der Waals surface area contributed by atoms with Crippen LogP contribution in [-0.2, 0) is 13.5 Å². The lowest BCUT2D eigenvalue weighted by Crippen LogP contribution is -1.85. The predicted molar refractivity (Wildman–Crippen MR) is 46.2 cm³/mol. The van der Waals surface area contributed by atoms with Gasteiger partial charge in [0.25, 0.3) is 0 Å². The highest BCUT2D eigenvalue weighted by Gasteiger charge is 1.95. The number of rotatable bonds is 3. The second-order valence-electron chi connectivity index (χ2n) is 2.57. The van der Waals surface area contributed by atoms with Gasteiger partial charge in [-0.25, -0.2) is 4.98 Å². The van der Waals surface area contributed by atoms with Crippen LogP contribution in [0.1, 0.15) is 5.69 Å². The molecule has 0 aliphatic heterocycles. The number of aromatic nitrogens is 2. The Kier molecular flexibility index (Phi) is 2.26. The van der Waals surface area contributed by atoms with Gasteiger partial charge < -0.3 is 4.57 Å². The largest absolute Gasteiger partial charge is 0.340 e. The highest BCUT2D eigenvalue weighted by atomic mass is 15.0. The number of hydrogen-bond donors (Lipinski definition) is 0. The van der Waals surface area contributed by atoms with Gasteiger partial charge in [0.1, 0.15) is 0 Å². The first kappa shape index (κ1) is 7.79. The smallest absolute Gasteiger partial charge is 0.0946 e. The average molecular weight is 148 g/mol. The molecule has 0 radical (unpaired) electrons. The van der Waals surface area contributed by atoms with Crippen LogP contribution < -0.4 is 0 Å². The molecule has 0 aliphatic carbocycles. The van der Waals surface area contributed by atoms with E-state index in [9.17, 15) is 0 Å². The SMILES string of the molecule is C=CC(=C)Cc1cn(C)cn1. The van der Waals surface area contributed by atoms with Gasteiger partial charge in [-0.15, -0.1) is 0 Å². The number of hydrogen-bond acceptors (Lipinski definition) is 1. The minimum absolute atomic E-state index is 0.796. The summed E-state index contributed by atoms with van der Waals surface area (Å²) >= 11 is 0. The summed E-state index contributed by atoms with van der Waals surface area (Å²) in [7, 11) is 1.95. The van der Waals surface area contributed by atoms with E-state index in [4.69, 9.17) is 0 Å². The lowest BCUT2D eigenvalue weighted by Gasteiger charge is -1.93. The van der Waals surface area contributed by atoms with Gasteiger partial charge in [-0.2, -0.15) is 0 Å². The van der Waals surface area contributed by atoms with Crippen molar-refractivity contribution in [3.8, 4) is 0 Å². The van der Waals surface area contributed by atoms with Crippen LogP contribution >= 0.6 is 0 Å². The van der Waals surface area contributed by atoms with Crippen molar-refractivity contribution in [2.45, 2.75) is 6.42 Å². The van der Waals surface area contributed by atoms with Crippen LogP contribution in [0.2, 0.25) is 0 Å². The van der Waals surface area contributed by atoms with E-state index in [1.165, 1.54) is 0 Å². The first-order valence-electron chi connectivity index (χ1n) is 3.49. The Bertz CT molecular complexity index is 271. The Morgan fingerprint density at radius 3 is 3.00 bits per heavy atom. The monoisotopic (exact) mass is 148 g/mol. The summed E-state index contributed by atoms with van der Waals surface area (Å²) in [6.07, 6.45) is 6.32. The molecule has 0 saturated heterocycles. The fourth-order valence-electron chi connectivity index (χ4n) is 0.863. The molecule has 11 heavy (non-hydrogen) atoms. The van der Waals surface area contributed by atoms with Crippen molar-refractivity contribution in [3.63, 3.8) is 0 Å². The Morgan fingerprint density at radius 1 is 1.82 bits per heavy atom. The summed E-state index contributed by atoms with van der Waals surface area (Å²) in [6.45, 7) is 7.44. The van der Waals surface area contributed by atoms with Crippen molar-refractivity contribution in [2.75, 3.05) is 0 Å².